The van der Waals surface area contributed by atoms with Crippen LogP contribution in [0.3, 0.4) is 0 Å². The molecule has 2 amide bonds. The molecule has 5 heteroatoms. The van der Waals surface area contributed by atoms with Gasteiger partial charge in [-0.05, 0) is 30.1 Å². The molecule has 0 atom stereocenters. The van der Waals surface area contributed by atoms with Gasteiger partial charge in [-0.1, -0.05) is 27.7 Å². The number of nitrogens with two attached hydrogens (primary N) is 1. The Hall–Kier alpha value is -1.10. The average Bonchev–Trinajstić information content (AvgIpc) is 2.43. The van der Waals surface area contributed by atoms with Gasteiger partial charge in [0, 0.05) is 13.7 Å². The largest absolute Gasteiger partial charge is 0.385 e. The molecule has 5 nitrogen and oxygen atoms in total. The van der Waals surface area contributed by atoms with Crippen molar-refractivity contribution in [3.05, 3.63) is 0 Å². The highest BCUT2D eigenvalue weighted by Crippen LogP contribution is 2.53. The van der Waals surface area contributed by atoms with Crippen molar-refractivity contribution in [3.63, 3.8) is 0 Å². The number of hydrogen-bond donors (Lipinski definition) is 1. The van der Waals surface area contributed by atoms with E-state index >= 15 is 0 Å². The summed E-state index contributed by atoms with van der Waals surface area (Å²) in [6, 6.07) is -0.215. The van der Waals surface area contributed by atoms with E-state index in [2.05, 4.69) is 32.7 Å². The summed E-state index contributed by atoms with van der Waals surface area (Å²) in [5, 5.41) is 0. The fraction of sp³-hybridized carbons (Fsp3) is 0.867. The molecule has 0 aromatic heterocycles. The standard InChI is InChI=1S/C15H27N3O2/c1-13(2)8-14(3,4)10-15(9-13)11(16)17-12(19)18(15)6-7-20-5/h6-10H2,1-5H3,(H2,16,17,19). The second-order valence-electron chi connectivity index (χ2n) is 7.81. The molecule has 1 spiro atoms. The summed E-state index contributed by atoms with van der Waals surface area (Å²) in [5.41, 5.74) is 6.03. The van der Waals surface area contributed by atoms with E-state index in [0.717, 1.165) is 19.3 Å². The third-order valence-corrected chi connectivity index (χ3v) is 4.46. The fourth-order valence-electron chi connectivity index (χ4n) is 4.52. The van der Waals surface area contributed by atoms with E-state index in [4.69, 9.17) is 10.5 Å². The summed E-state index contributed by atoms with van der Waals surface area (Å²) in [4.78, 5) is 18.1. The number of rotatable bonds is 3. The van der Waals surface area contributed by atoms with Gasteiger partial charge in [-0.15, -0.1) is 0 Å². The van der Waals surface area contributed by atoms with Gasteiger partial charge in [0.15, 0.2) is 0 Å². The highest BCUT2D eigenvalue weighted by molar-refractivity contribution is 6.06. The van der Waals surface area contributed by atoms with Crippen LogP contribution in [0.1, 0.15) is 47.0 Å². The van der Waals surface area contributed by atoms with E-state index < -0.39 is 5.54 Å². The van der Waals surface area contributed by atoms with E-state index in [1.54, 1.807) is 7.11 Å². The number of hydrogen-bond acceptors (Lipinski definition) is 3. The van der Waals surface area contributed by atoms with Gasteiger partial charge in [-0.2, -0.15) is 4.99 Å². The summed E-state index contributed by atoms with van der Waals surface area (Å²) in [6.45, 7) is 10.1. The van der Waals surface area contributed by atoms with Gasteiger partial charge in [-0.3, -0.25) is 0 Å². The Morgan fingerprint density at radius 3 is 2.25 bits per heavy atom. The number of methoxy groups -OCH3 is 1. The van der Waals surface area contributed by atoms with Gasteiger partial charge in [-0.25, -0.2) is 4.79 Å². The molecule has 0 aromatic rings. The quantitative estimate of drug-likeness (QED) is 0.863. The minimum absolute atomic E-state index is 0.137. The normalized spacial score (nSPS) is 26.9. The molecule has 114 valence electrons. The molecule has 0 bridgehead atoms. The molecule has 0 aromatic carbocycles. The smallest absolute Gasteiger partial charge is 0.346 e. The Labute approximate surface area is 121 Å². The minimum Gasteiger partial charge on any atom is -0.385 e. The average molecular weight is 281 g/mol. The van der Waals surface area contributed by atoms with Crippen LogP contribution in [0.15, 0.2) is 4.99 Å². The Balaban J connectivity index is 2.38. The fourth-order valence-corrected chi connectivity index (χ4v) is 4.52. The second-order valence-corrected chi connectivity index (χ2v) is 7.81. The van der Waals surface area contributed by atoms with Gasteiger partial charge in [0.1, 0.15) is 11.4 Å². The topological polar surface area (TPSA) is 67.9 Å². The Bertz CT molecular complexity index is 424. The summed E-state index contributed by atoms with van der Waals surface area (Å²) in [7, 11) is 1.65. The molecule has 2 N–H and O–H groups in total. The van der Waals surface area contributed by atoms with E-state index in [1.807, 2.05) is 4.90 Å². The van der Waals surface area contributed by atoms with Gasteiger partial charge >= 0.3 is 6.03 Å². The first-order chi connectivity index (χ1) is 9.12. The monoisotopic (exact) mass is 281 g/mol. The van der Waals surface area contributed by atoms with Crippen molar-refractivity contribution in [3.8, 4) is 0 Å². The molecule has 1 saturated carbocycles. The van der Waals surface area contributed by atoms with Crippen LogP contribution in [-0.4, -0.2) is 42.6 Å². The van der Waals surface area contributed by atoms with Gasteiger partial charge in [0.25, 0.3) is 0 Å². The third-order valence-electron chi connectivity index (χ3n) is 4.46. The number of carbonyl (C=O) groups excluding carboxylic acids is 1. The lowest BCUT2D eigenvalue weighted by molar-refractivity contribution is 0.00843. The number of ether oxygens (including phenoxy) is 1. The van der Waals surface area contributed by atoms with E-state index in [9.17, 15) is 4.79 Å². The molecule has 1 aliphatic carbocycles. The second kappa shape index (κ2) is 4.72. The van der Waals surface area contributed by atoms with E-state index in [-0.39, 0.29) is 16.9 Å². The minimum atomic E-state index is -0.430. The van der Waals surface area contributed by atoms with Gasteiger partial charge in [0.05, 0.1) is 6.61 Å². The number of urea groups is 1. The maximum absolute atomic E-state index is 12.2. The lowest BCUT2D eigenvalue weighted by Gasteiger charge is -2.53. The SMILES string of the molecule is COCCN1C(=O)N=C(N)C12CC(C)(C)CC(C)(C)C2. The van der Waals surface area contributed by atoms with Crippen molar-refractivity contribution in [1.82, 2.24) is 4.90 Å². The van der Waals surface area contributed by atoms with Crippen LogP contribution in [-0.2, 0) is 4.74 Å². The third kappa shape index (κ3) is 2.55. The molecule has 2 aliphatic rings. The van der Waals surface area contributed by atoms with Crippen molar-refractivity contribution in [1.29, 1.82) is 0 Å². The summed E-state index contributed by atoms with van der Waals surface area (Å²) in [6.07, 6.45) is 2.86. The highest BCUT2D eigenvalue weighted by atomic mass is 16.5. The van der Waals surface area contributed by atoms with Crippen LogP contribution in [0.5, 0.6) is 0 Å². The van der Waals surface area contributed by atoms with Crippen LogP contribution < -0.4 is 5.73 Å². The maximum atomic E-state index is 12.2. The summed E-state index contributed by atoms with van der Waals surface area (Å²) < 4.78 is 5.14. The molecule has 0 saturated heterocycles. The van der Waals surface area contributed by atoms with Crippen molar-refractivity contribution < 1.29 is 9.53 Å². The first-order valence-corrected chi connectivity index (χ1v) is 7.27. The zero-order chi connectivity index (χ0) is 15.2. The van der Waals surface area contributed by atoms with Crippen LogP contribution in [0.2, 0.25) is 0 Å². The molecule has 1 heterocycles. The Morgan fingerprint density at radius 2 is 1.75 bits per heavy atom. The van der Waals surface area contributed by atoms with Crippen molar-refractivity contribution in [2.24, 2.45) is 21.6 Å². The molecule has 1 fully saturated rings. The number of nitrogens with zero attached hydrogens (tertiary/aromatic N) is 2. The predicted octanol–water partition coefficient (Wildman–Crippen LogP) is 2.40. The summed E-state index contributed by atoms with van der Waals surface area (Å²) in [5.74, 6) is 0.486. The number of carbonyl (C=O) groups is 1. The first-order valence-electron chi connectivity index (χ1n) is 7.27. The van der Waals surface area contributed by atoms with Gasteiger partial charge < -0.3 is 15.4 Å². The maximum Gasteiger partial charge on any atom is 0.346 e. The Morgan fingerprint density at radius 1 is 1.20 bits per heavy atom. The lowest BCUT2D eigenvalue weighted by Crippen LogP contribution is -2.61. The first kappa shape index (κ1) is 15.3. The molecule has 2 rings (SSSR count). The van der Waals surface area contributed by atoms with E-state index in [0.29, 0.717) is 19.0 Å². The van der Waals surface area contributed by atoms with Crippen LogP contribution >= 0.6 is 0 Å². The molecular formula is C15H27N3O2. The number of amidine groups is 1. The number of aliphatic imine (C=N–C) groups is 1. The van der Waals surface area contributed by atoms with Crippen LogP contribution in [0.4, 0.5) is 4.79 Å². The summed E-state index contributed by atoms with van der Waals surface area (Å²) >= 11 is 0. The highest BCUT2D eigenvalue weighted by Gasteiger charge is 2.56. The van der Waals surface area contributed by atoms with Crippen LogP contribution in [0, 0.1) is 10.8 Å². The molecule has 0 unspecified atom stereocenters. The van der Waals surface area contributed by atoms with Crippen molar-refractivity contribution in [2.45, 2.75) is 52.5 Å². The molecule has 20 heavy (non-hydrogen) atoms. The molecule has 0 radical (unpaired) electrons. The van der Waals surface area contributed by atoms with Crippen molar-refractivity contribution in [2.75, 3.05) is 20.3 Å². The van der Waals surface area contributed by atoms with E-state index in [1.165, 1.54) is 0 Å². The number of amides is 2. The molecule has 1 aliphatic heterocycles. The zero-order valence-corrected chi connectivity index (χ0v) is 13.3. The van der Waals surface area contributed by atoms with Crippen LogP contribution in [0.25, 0.3) is 0 Å². The molecular weight excluding hydrogens is 254 g/mol. The zero-order valence-electron chi connectivity index (χ0n) is 13.3. The Kier molecular flexibility index (Phi) is 3.61. The van der Waals surface area contributed by atoms with Crippen molar-refractivity contribution >= 4 is 11.9 Å². The lowest BCUT2D eigenvalue weighted by atomic mass is 9.58. The van der Waals surface area contributed by atoms with Gasteiger partial charge in [0.2, 0.25) is 0 Å². The predicted molar refractivity (Wildman–Crippen MR) is 79.7 cm³/mol.